The number of anilines is 1. The standard InChI is InChI=1S/C60H71ClN6O8/c1-60(2,3)75-59(72)64(4)36-37-66(54(68)29-14-8-13-26-48-49-38-47(61)31-33-53(49)65(5)56(48)46-25-19-34-62-39-46)35-18-17-27-51(58(71)74-42-44-22-11-7-12-23-44)63-50-32-30-45-24-15-16-28-52(45)67(57(50)70)40-55(69)73-41-43-20-9-6-10-21-43/h6-7,9-12,15-16,19-25,28,31,33-34,38-39,50-51,63H,8,13-14,17-18,26-27,29-30,32,35-37,40-42H2,1-5H3/t50-,51-/m0/s1. The molecule has 0 saturated carbocycles. The molecule has 1 aliphatic heterocycles. The average Bonchev–Trinajstić information content (AvgIpc) is 3.61. The van der Waals surface area contributed by atoms with E-state index in [2.05, 4.69) is 28.0 Å². The number of aromatic nitrogens is 2. The van der Waals surface area contributed by atoms with Crippen molar-refractivity contribution in [1.29, 1.82) is 0 Å². The van der Waals surface area contributed by atoms with E-state index < -0.39 is 35.7 Å². The number of esters is 2. The quantitative estimate of drug-likeness (QED) is 0.0352. The molecule has 0 radical (unpaired) electrons. The van der Waals surface area contributed by atoms with Gasteiger partial charge >= 0.3 is 18.0 Å². The van der Waals surface area contributed by atoms with Crippen LogP contribution >= 0.6 is 11.6 Å². The lowest BCUT2D eigenvalue weighted by Gasteiger charge is -2.29. The summed E-state index contributed by atoms with van der Waals surface area (Å²) in [5, 5.41) is 5.15. The number of pyridine rings is 1. The van der Waals surface area contributed by atoms with E-state index in [1.54, 1.807) is 18.1 Å². The number of unbranched alkanes of at least 4 members (excludes halogenated alkanes) is 3. The Bertz CT molecular complexity index is 2850. The molecule has 7 rings (SSSR count). The van der Waals surface area contributed by atoms with Gasteiger partial charge in [-0.3, -0.25) is 34.4 Å². The Labute approximate surface area is 446 Å². The van der Waals surface area contributed by atoms with Crippen molar-refractivity contribution in [2.75, 3.05) is 38.1 Å². The molecule has 2 atom stereocenters. The van der Waals surface area contributed by atoms with Crippen molar-refractivity contribution >= 4 is 58.0 Å². The van der Waals surface area contributed by atoms with Gasteiger partial charge in [-0.25, -0.2) is 4.79 Å². The van der Waals surface area contributed by atoms with E-state index in [1.165, 1.54) is 15.4 Å². The maximum Gasteiger partial charge on any atom is 0.410 e. The summed E-state index contributed by atoms with van der Waals surface area (Å²) in [6.45, 7) is 6.20. The normalized spacial score (nSPS) is 13.9. The highest BCUT2D eigenvalue weighted by Crippen LogP contribution is 2.36. The van der Waals surface area contributed by atoms with Crippen LogP contribution in [0.25, 0.3) is 22.2 Å². The summed E-state index contributed by atoms with van der Waals surface area (Å²) in [5.41, 5.74) is 6.92. The summed E-state index contributed by atoms with van der Waals surface area (Å²) >= 11 is 6.51. The van der Waals surface area contributed by atoms with Crippen molar-refractivity contribution in [2.24, 2.45) is 7.05 Å². The Morgan fingerprint density at radius 2 is 1.52 bits per heavy atom. The first-order valence-corrected chi connectivity index (χ1v) is 26.5. The molecule has 1 N–H and O–H groups in total. The first kappa shape index (κ1) is 55.7. The minimum Gasteiger partial charge on any atom is -0.460 e. The summed E-state index contributed by atoms with van der Waals surface area (Å²) in [5.74, 6) is -1.43. The Kier molecular flexibility index (Phi) is 20.0. The molecular weight excluding hydrogens is 968 g/mol. The molecular formula is C60H71ClN6O8. The number of aryl methyl sites for hydroxylation is 3. The molecule has 6 aromatic rings. The second-order valence-corrected chi connectivity index (χ2v) is 20.7. The van der Waals surface area contributed by atoms with E-state index in [1.807, 2.05) is 136 Å². The SMILES string of the molecule is CN(CCN(CCCC[C@H](N[C@H]1CCc2ccccc2N(CC(=O)OCc2ccccc2)C1=O)C(=O)OCc1ccccc1)C(=O)CCCCCc1c(-c2cccnc2)n(C)c2ccc(Cl)cc12)C(=O)OC(C)(C)C. The van der Waals surface area contributed by atoms with E-state index in [4.69, 9.17) is 25.8 Å². The zero-order valence-electron chi connectivity index (χ0n) is 44.0. The number of hydrogen-bond acceptors (Lipinski definition) is 10. The Morgan fingerprint density at radius 1 is 0.813 bits per heavy atom. The van der Waals surface area contributed by atoms with Crippen LogP contribution in [0.4, 0.5) is 10.5 Å². The predicted octanol–water partition coefficient (Wildman–Crippen LogP) is 10.7. The van der Waals surface area contributed by atoms with Crippen LogP contribution in [0.3, 0.4) is 0 Å². The van der Waals surface area contributed by atoms with Crippen molar-refractivity contribution in [1.82, 2.24) is 24.7 Å². The molecule has 14 nitrogen and oxygen atoms in total. The average molecular weight is 1040 g/mol. The van der Waals surface area contributed by atoms with Crippen molar-refractivity contribution in [3.63, 3.8) is 0 Å². The molecule has 4 aromatic carbocycles. The van der Waals surface area contributed by atoms with Crippen LogP contribution in [0.2, 0.25) is 5.02 Å². The number of carbonyl (C=O) groups excluding carboxylic acids is 5. The minimum atomic E-state index is -0.880. The van der Waals surface area contributed by atoms with E-state index in [-0.39, 0.29) is 38.1 Å². The van der Waals surface area contributed by atoms with Gasteiger partial charge in [-0.05, 0) is 131 Å². The zero-order valence-corrected chi connectivity index (χ0v) is 44.7. The van der Waals surface area contributed by atoms with Crippen molar-refractivity contribution in [3.8, 4) is 11.3 Å². The van der Waals surface area contributed by atoms with Crippen LogP contribution in [-0.2, 0) is 66.5 Å². The van der Waals surface area contributed by atoms with E-state index in [9.17, 15) is 24.0 Å². The highest BCUT2D eigenvalue weighted by Gasteiger charge is 2.35. The van der Waals surface area contributed by atoms with Crippen LogP contribution in [0.5, 0.6) is 0 Å². The van der Waals surface area contributed by atoms with Gasteiger partial charge in [0.15, 0.2) is 0 Å². The van der Waals surface area contributed by atoms with Gasteiger partial charge in [0.2, 0.25) is 11.8 Å². The number of ether oxygens (including phenoxy) is 3. The summed E-state index contributed by atoms with van der Waals surface area (Å²) in [6.07, 6.45) is 8.89. The smallest absolute Gasteiger partial charge is 0.410 e. The molecule has 15 heteroatoms. The summed E-state index contributed by atoms with van der Waals surface area (Å²) in [4.78, 5) is 78.2. The fourth-order valence-electron chi connectivity index (χ4n) is 9.53. The number of benzene rings is 4. The van der Waals surface area contributed by atoms with Crippen LogP contribution < -0.4 is 10.2 Å². The first-order chi connectivity index (χ1) is 36.1. The molecule has 75 heavy (non-hydrogen) atoms. The molecule has 1 aliphatic rings. The third kappa shape index (κ3) is 16.0. The number of nitrogens with zero attached hydrogens (tertiary/aromatic N) is 5. The van der Waals surface area contributed by atoms with Gasteiger partial charge in [0.05, 0.1) is 11.7 Å². The molecule has 3 amide bonds. The molecule has 2 aromatic heterocycles. The van der Waals surface area contributed by atoms with Gasteiger partial charge in [0.25, 0.3) is 0 Å². The summed E-state index contributed by atoms with van der Waals surface area (Å²) < 4.78 is 19.3. The van der Waals surface area contributed by atoms with E-state index in [0.29, 0.717) is 68.7 Å². The topological polar surface area (TPSA) is 153 Å². The number of rotatable bonds is 24. The number of likely N-dealkylation sites (N-methyl/N-ethyl adjacent to an activating group) is 1. The van der Waals surface area contributed by atoms with Crippen molar-refractivity contribution < 1.29 is 38.2 Å². The fraction of sp³-hybridized carbons (Fsp3) is 0.400. The summed E-state index contributed by atoms with van der Waals surface area (Å²) in [6, 6.07) is 34.5. The monoisotopic (exact) mass is 1040 g/mol. The number of carbonyl (C=O) groups is 5. The predicted molar refractivity (Wildman–Crippen MR) is 293 cm³/mol. The van der Waals surface area contributed by atoms with Gasteiger partial charge in [-0.2, -0.15) is 0 Å². The molecule has 0 aliphatic carbocycles. The van der Waals surface area contributed by atoms with Gasteiger partial charge in [-0.1, -0.05) is 96.9 Å². The lowest BCUT2D eigenvalue weighted by Crippen LogP contribution is -2.53. The van der Waals surface area contributed by atoms with Gasteiger partial charge in [-0.15, -0.1) is 0 Å². The van der Waals surface area contributed by atoms with Gasteiger partial charge in [0, 0.05) is 79.7 Å². The molecule has 0 bridgehead atoms. The third-order valence-electron chi connectivity index (χ3n) is 13.4. The lowest BCUT2D eigenvalue weighted by molar-refractivity contribution is -0.148. The molecule has 396 valence electrons. The van der Waals surface area contributed by atoms with Crippen LogP contribution in [0.1, 0.15) is 94.4 Å². The molecule has 0 saturated heterocycles. The molecule has 0 fully saturated rings. The van der Waals surface area contributed by atoms with E-state index in [0.717, 1.165) is 58.1 Å². The second-order valence-electron chi connectivity index (χ2n) is 20.2. The number of halogens is 1. The first-order valence-electron chi connectivity index (χ1n) is 26.1. The Balaban J connectivity index is 1.01. The number of amides is 3. The largest absolute Gasteiger partial charge is 0.460 e. The van der Waals surface area contributed by atoms with Gasteiger partial charge < -0.3 is 28.6 Å². The highest BCUT2D eigenvalue weighted by atomic mass is 35.5. The van der Waals surface area contributed by atoms with Crippen LogP contribution in [0.15, 0.2) is 128 Å². The molecule has 3 heterocycles. The van der Waals surface area contributed by atoms with Crippen molar-refractivity contribution in [3.05, 3.63) is 155 Å². The summed E-state index contributed by atoms with van der Waals surface area (Å²) in [7, 11) is 3.72. The maximum absolute atomic E-state index is 14.6. The number of para-hydroxylation sites is 1. The van der Waals surface area contributed by atoms with Crippen LogP contribution in [0, 0.1) is 0 Å². The number of hydrogen-bond donors (Lipinski definition) is 1. The second kappa shape index (κ2) is 27.0. The van der Waals surface area contributed by atoms with Crippen LogP contribution in [-0.4, -0.2) is 100 Å². The minimum absolute atomic E-state index is 0.0245. The third-order valence-corrected chi connectivity index (χ3v) is 13.7. The fourth-order valence-corrected chi connectivity index (χ4v) is 9.70. The molecule has 0 spiro atoms. The van der Waals surface area contributed by atoms with Gasteiger partial charge in [0.1, 0.15) is 31.4 Å². The van der Waals surface area contributed by atoms with Crippen molar-refractivity contribution in [2.45, 2.75) is 116 Å². The zero-order chi connectivity index (χ0) is 53.3. The highest BCUT2D eigenvalue weighted by molar-refractivity contribution is 6.31. The molecule has 0 unspecified atom stereocenters. The number of fused-ring (bicyclic) bond motifs is 2. The Morgan fingerprint density at radius 3 is 2.23 bits per heavy atom. The number of nitrogens with one attached hydrogen (secondary N) is 1. The Hall–Kier alpha value is -7.03. The van der Waals surface area contributed by atoms with E-state index >= 15 is 0 Å². The maximum atomic E-state index is 14.6. The lowest BCUT2D eigenvalue weighted by atomic mass is 10.00.